The zero-order chi connectivity index (χ0) is 7.94. The van der Waals surface area contributed by atoms with E-state index in [1.807, 2.05) is 18.3 Å². The summed E-state index contributed by atoms with van der Waals surface area (Å²) in [5.74, 6) is 0.794. The van der Waals surface area contributed by atoms with Crippen molar-refractivity contribution in [1.82, 2.24) is 4.98 Å². The van der Waals surface area contributed by atoms with E-state index in [1.165, 1.54) is 0 Å². The fourth-order valence-electron chi connectivity index (χ4n) is 0.800. The summed E-state index contributed by atoms with van der Waals surface area (Å²) in [4.78, 5) is 2.93. The van der Waals surface area contributed by atoms with Gasteiger partial charge in [0.05, 0.1) is 6.61 Å². The summed E-state index contributed by atoms with van der Waals surface area (Å²) in [5, 5.41) is 8.46. The number of aromatic amines is 1. The van der Waals surface area contributed by atoms with Crippen molar-refractivity contribution < 1.29 is 9.84 Å². The lowest BCUT2D eigenvalue weighted by Crippen LogP contribution is -1.98. The van der Waals surface area contributed by atoms with E-state index in [4.69, 9.17) is 9.84 Å². The van der Waals surface area contributed by atoms with Crippen LogP contribution in [0.15, 0.2) is 18.3 Å². The van der Waals surface area contributed by atoms with Gasteiger partial charge in [-0.3, -0.25) is 0 Å². The summed E-state index contributed by atoms with van der Waals surface area (Å²) < 4.78 is 5.28. The first-order valence-corrected chi connectivity index (χ1v) is 3.80. The fraction of sp³-hybridized carbons (Fsp3) is 0.500. The number of unbranched alkanes of at least 4 members (excludes halogenated alkanes) is 1. The molecule has 0 aliphatic rings. The number of hydrogen-bond donors (Lipinski definition) is 2. The second-order valence-corrected chi connectivity index (χ2v) is 2.31. The topological polar surface area (TPSA) is 45.2 Å². The molecule has 0 radical (unpaired) electrons. The van der Waals surface area contributed by atoms with Crippen molar-refractivity contribution in [2.45, 2.75) is 12.8 Å². The number of aliphatic hydroxyl groups is 1. The average molecular weight is 155 g/mol. The summed E-state index contributed by atoms with van der Waals surface area (Å²) >= 11 is 0. The highest BCUT2D eigenvalue weighted by Crippen LogP contribution is 2.04. The van der Waals surface area contributed by atoms with Gasteiger partial charge in [-0.1, -0.05) is 0 Å². The Bertz CT molecular complexity index is 172. The minimum atomic E-state index is 0.244. The number of H-pyrrole nitrogens is 1. The molecular weight excluding hydrogens is 142 g/mol. The van der Waals surface area contributed by atoms with E-state index < -0.39 is 0 Å². The van der Waals surface area contributed by atoms with Crippen molar-refractivity contribution in [3.8, 4) is 5.88 Å². The maximum atomic E-state index is 8.46. The van der Waals surface area contributed by atoms with Gasteiger partial charge in [-0.15, -0.1) is 0 Å². The molecule has 0 atom stereocenters. The Labute approximate surface area is 66.0 Å². The van der Waals surface area contributed by atoms with Crippen molar-refractivity contribution in [2.75, 3.05) is 13.2 Å². The van der Waals surface area contributed by atoms with Crippen LogP contribution in [0, 0.1) is 0 Å². The third-order valence-corrected chi connectivity index (χ3v) is 1.38. The lowest BCUT2D eigenvalue weighted by atomic mass is 10.3. The lowest BCUT2D eigenvalue weighted by molar-refractivity contribution is 0.249. The number of hydrogen-bond acceptors (Lipinski definition) is 2. The van der Waals surface area contributed by atoms with Gasteiger partial charge in [-0.25, -0.2) is 0 Å². The molecule has 2 N–H and O–H groups in total. The summed E-state index contributed by atoms with van der Waals surface area (Å²) in [6, 6.07) is 3.76. The van der Waals surface area contributed by atoms with Gasteiger partial charge in [0.2, 0.25) is 0 Å². The van der Waals surface area contributed by atoms with Crippen molar-refractivity contribution in [2.24, 2.45) is 0 Å². The third kappa shape index (κ3) is 3.09. The number of aromatic nitrogens is 1. The third-order valence-electron chi connectivity index (χ3n) is 1.38. The van der Waals surface area contributed by atoms with Crippen LogP contribution >= 0.6 is 0 Å². The first kappa shape index (κ1) is 8.14. The van der Waals surface area contributed by atoms with Gasteiger partial charge in [0.25, 0.3) is 0 Å². The molecule has 1 heterocycles. The molecule has 0 saturated heterocycles. The van der Waals surface area contributed by atoms with Crippen LogP contribution in [0.25, 0.3) is 0 Å². The van der Waals surface area contributed by atoms with Crippen LogP contribution in [0.2, 0.25) is 0 Å². The minimum Gasteiger partial charge on any atom is -0.479 e. The van der Waals surface area contributed by atoms with Crippen LogP contribution in [0.3, 0.4) is 0 Å². The standard InChI is InChI=1S/C8H13NO2/c10-6-1-2-7-11-8-4-3-5-9-8/h3-5,9-10H,1-2,6-7H2. The van der Waals surface area contributed by atoms with Gasteiger partial charge >= 0.3 is 0 Å². The number of nitrogens with one attached hydrogen (secondary N) is 1. The molecule has 3 nitrogen and oxygen atoms in total. The van der Waals surface area contributed by atoms with E-state index in [-0.39, 0.29) is 6.61 Å². The molecular formula is C8H13NO2. The largest absolute Gasteiger partial charge is 0.479 e. The predicted octanol–water partition coefficient (Wildman–Crippen LogP) is 1.17. The van der Waals surface area contributed by atoms with Crippen LogP contribution in [0.1, 0.15) is 12.8 Å². The van der Waals surface area contributed by atoms with E-state index in [9.17, 15) is 0 Å². The Morgan fingerprint density at radius 2 is 2.36 bits per heavy atom. The van der Waals surface area contributed by atoms with Gasteiger partial charge in [0.1, 0.15) is 0 Å². The van der Waals surface area contributed by atoms with Crippen LogP contribution in [-0.2, 0) is 0 Å². The summed E-state index contributed by atoms with van der Waals surface area (Å²) in [7, 11) is 0. The average Bonchev–Trinajstić information content (AvgIpc) is 2.50. The smallest absolute Gasteiger partial charge is 0.190 e. The van der Waals surface area contributed by atoms with Gasteiger partial charge in [-0.05, 0) is 25.0 Å². The molecule has 0 fully saturated rings. The van der Waals surface area contributed by atoms with E-state index in [0.717, 1.165) is 18.7 Å². The Balaban J connectivity index is 2.04. The zero-order valence-corrected chi connectivity index (χ0v) is 6.42. The molecule has 0 amide bonds. The molecule has 11 heavy (non-hydrogen) atoms. The van der Waals surface area contributed by atoms with E-state index in [2.05, 4.69) is 4.98 Å². The Morgan fingerprint density at radius 1 is 1.45 bits per heavy atom. The molecule has 3 heteroatoms. The van der Waals surface area contributed by atoms with Gasteiger partial charge in [-0.2, -0.15) is 0 Å². The van der Waals surface area contributed by atoms with Gasteiger partial charge in [0.15, 0.2) is 5.88 Å². The summed E-state index contributed by atoms with van der Waals surface area (Å²) in [5.41, 5.74) is 0. The fourth-order valence-corrected chi connectivity index (χ4v) is 0.800. The molecule has 1 aromatic rings. The Morgan fingerprint density at radius 3 is 3.00 bits per heavy atom. The second-order valence-electron chi connectivity index (χ2n) is 2.31. The Kier molecular flexibility index (Phi) is 3.55. The van der Waals surface area contributed by atoms with Crippen molar-refractivity contribution in [3.05, 3.63) is 18.3 Å². The van der Waals surface area contributed by atoms with E-state index in [1.54, 1.807) is 0 Å². The molecule has 0 bridgehead atoms. The van der Waals surface area contributed by atoms with Gasteiger partial charge in [0, 0.05) is 12.8 Å². The van der Waals surface area contributed by atoms with Crippen LogP contribution < -0.4 is 4.74 Å². The maximum Gasteiger partial charge on any atom is 0.190 e. The number of rotatable bonds is 5. The maximum absolute atomic E-state index is 8.46. The monoisotopic (exact) mass is 155 g/mol. The Hall–Kier alpha value is -0.960. The zero-order valence-electron chi connectivity index (χ0n) is 6.42. The quantitative estimate of drug-likeness (QED) is 0.627. The molecule has 1 rings (SSSR count). The molecule has 0 aliphatic carbocycles. The second kappa shape index (κ2) is 4.79. The van der Waals surface area contributed by atoms with Crippen molar-refractivity contribution in [3.63, 3.8) is 0 Å². The van der Waals surface area contributed by atoms with Gasteiger partial charge < -0.3 is 14.8 Å². The predicted molar refractivity (Wildman–Crippen MR) is 42.6 cm³/mol. The van der Waals surface area contributed by atoms with E-state index in [0.29, 0.717) is 6.61 Å². The summed E-state index contributed by atoms with van der Waals surface area (Å²) in [6.45, 7) is 0.912. The normalized spacial score (nSPS) is 9.91. The molecule has 0 saturated carbocycles. The minimum absolute atomic E-state index is 0.244. The lowest BCUT2D eigenvalue weighted by Gasteiger charge is -2.01. The first-order chi connectivity index (χ1) is 5.43. The van der Waals surface area contributed by atoms with Crippen molar-refractivity contribution in [1.29, 1.82) is 0 Å². The SMILES string of the molecule is OCCCCOc1ccc[nH]1. The molecule has 1 aromatic heterocycles. The number of aliphatic hydroxyl groups excluding tert-OH is 1. The van der Waals surface area contributed by atoms with Crippen molar-refractivity contribution >= 4 is 0 Å². The van der Waals surface area contributed by atoms with E-state index >= 15 is 0 Å². The highest BCUT2D eigenvalue weighted by atomic mass is 16.5. The highest BCUT2D eigenvalue weighted by Gasteiger charge is 1.91. The van der Waals surface area contributed by atoms with Crippen LogP contribution in [0.4, 0.5) is 0 Å². The molecule has 0 aliphatic heterocycles. The van der Waals surface area contributed by atoms with Crippen LogP contribution in [0.5, 0.6) is 5.88 Å². The summed E-state index contributed by atoms with van der Waals surface area (Å²) in [6.07, 6.45) is 3.53. The molecule has 0 unspecified atom stereocenters. The molecule has 62 valence electrons. The molecule has 0 aromatic carbocycles. The first-order valence-electron chi connectivity index (χ1n) is 3.80. The molecule has 0 spiro atoms. The highest BCUT2D eigenvalue weighted by molar-refractivity contribution is 5.09. The van der Waals surface area contributed by atoms with Crippen LogP contribution in [-0.4, -0.2) is 23.3 Å². The number of ether oxygens (including phenoxy) is 1.